The van der Waals surface area contributed by atoms with Crippen molar-refractivity contribution in [3.8, 4) is 0 Å². The van der Waals surface area contributed by atoms with Crippen LogP contribution in [-0.2, 0) is 6.54 Å². The van der Waals surface area contributed by atoms with Gasteiger partial charge in [0, 0.05) is 17.5 Å². The van der Waals surface area contributed by atoms with E-state index < -0.39 is 5.97 Å². The summed E-state index contributed by atoms with van der Waals surface area (Å²) in [6.45, 7) is 4.87. The molecule has 0 bridgehead atoms. The molecule has 0 aliphatic rings. The van der Waals surface area contributed by atoms with E-state index in [9.17, 15) is 4.79 Å². The molecule has 0 fully saturated rings. The summed E-state index contributed by atoms with van der Waals surface area (Å²) >= 11 is 1.32. The third-order valence-corrected chi connectivity index (χ3v) is 2.63. The predicted molar refractivity (Wildman–Crippen MR) is 53.3 cm³/mol. The number of hydrogen-bond acceptors (Lipinski definition) is 3. The number of nitrogens with one attached hydrogen (secondary N) is 1. The lowest BCUT2D eigenvalue weighted by Crippen LogP contribution is -2.21. The van der Waals surface area contributed by atoms with Crippen LogP contribution in [-0.4, -0.2) is 17.1 Å². The number of rotatable bonds is 4. The van der Waals surface area contributed by atoms with Crippen molar-refractivity contribution in [3.05, 3.63) is 21.9 Å². The highest BCUT2D eigenvalue weighted by molar-refractivity contribution is 7.13. The Morgan fingerprint density at radius 2 is 2.31 bits per heavy atom. The minimum atomic E-state index is -0.846. The number of carbonyl (C=O) groups is 1. The average Bonchev–Trinajstić information content (AvgIpc) is 2.48. The molecule has 1 aromatic rings. The molecular weight excluding hydrogens is 186 g/mol. The number of carboxylic acids is 1. The maximum Gasteiger partial charge on any atom is 0.345 e. The maximum absolute atomic E-state index is 10.5. The van der Waals surface area contributed by atoms with E-state index in [2.05, 4.69) is 19.2 Å². The second-order valence-electron chi connectivity index (χ2n) is 3.11. The lowest BCUT2D eigenvalue weighted by molar-refractivity contribution is 0.0702. The highest BCUT2D eigenvalue weighted by Gasteiger charge is 2.06. The fraction of sp³-hybridized carbons (Fsp3) is 0.444. The standard InChI is InChI=1S/C9H13NO2S/c1-6(2)10-5-7-3-4-8(13-7)9(11)12/h3-4,6,10H,5H2,1-2H3,(H,11,12). The molecule has 0 saturated heterocycles. The molecule has 0 aliphatic carbocycles. The normalized spacial score (nSPS) is 10.7. The molecule has 13 heavy (non-hydrogen) atoms. The molecule has 0 unspecified atom stereocenters. The SMILES string of the molecule is CC(C)NCc1ccc(C(=O)O)s1. The molecular formula is C9H13NO2S. The van der Waals surface area contributed by atoms with Crippen LogP contribution >= 0.6 is 11.3 Å². The first-order valence-corrected chi connectivity index (χ1v) is 4.96. The fourth-order valence-corrected chi connectivity index (χ4v) is 1.69. The van der Waals surface area contributed by atoms with E-state index in [0.717, 1.165) is 11.4 Å². The lowest BCUT2D eigenvalue weighted by Gasteiger charge is -2.04. The minimum absolute atomic E-state index is 0.403. The fourth-order valence-electron chi connectivity index (χ4n) is 0.893. The lowest BCUT2D eigenvalue weighted by atomic mass is 10.3. The van der Waals surface area contributed by atoms with Crippen LogP contribution in [0.25, 0.3) is 0 Å². The largest absolute Gasteiger partial charge is 0.477 e. The zero-order valence-corrected chi connectivity index (χ0v) is 8.52. The Balaban J connectivity index is 2.54. The average molecular weight is 199 g/mol. The summed E-state index contributed by atoms with van der Waals surface area (Å²) in [5, 5.41) is 11.9. The van der Waals surface area contributed by atoms with Crippen LogP contribution in [0.15, 0.2) is 12.1 Å². The van der Waals surface area contributed by atoms with Gasteiger partial charge in [-0.15, -0.1) is 11.3 Å². The van der Waals surface area contributed by atoms with Crippen LogP contribution < -0.4 is 5.32 Å². The van der Waals surface area contributed by atoms with Crippen LogP contribution in [0.3, 0.4) is 0 Å². The smallest absolute Gasteiger partial charge is 0.345 e. The second kappa shape index (κ2) is 4.39. The Labute approximate surface area is 81.4 Å². The second-order valence-corrected chi connectivity index (χ2v) is 4.28. The maximum atomic E-state index is 10.5. The Hall–Kier alpha value is -0.870. The van der Waals surface area contributed by atoms with Gasteiger partial charge >= 0.3 is 5.97 Å². The summed E-state index contributed by atoms with van der Waals surface area (Å²) < 4.78 is 0. The molecule has 0 atom stereocenters. The van der Waals surface area contributed by atoms with E-state index in [4.69, 9.17) is 5.11 Å². The van der Waals surface area contributed by atoms with E-state index in [0.29, 0.717) is 10.9 Å². The summed E-state index contributed by atoms with van der Waals surface area (Å²) in [5.74, 6) is -0.846. The number of thiophene rings is 1. The van der Waals surface area contributed by atoms with Crippen molar-refractivity contribution in [2.45, 2.75) is 26.4 Å². The molecule has 4 heteroatoms. The zero-order chi connectivity index (χ0) is 9.84. The van der Waals surface area contributed by atoms with Gasteiger partial charge in [0.2, 0.25) is 0 Å². The third-order valence-electron chi connectivity index (χ3n) is 1.56. The topological polar surface area (TPSA) is 49.3 Å². The van der Waals surface area contributed by atoms with Crippen LogP contribution in [0.5, 0.6) is 0 Å². The molecule has 0 aromatic carbocycles. The van der Waals surface area contributed by atoms with Crippen LogP contribution in [0, 0.1) is 0 Å². The van der Waals surface area contributed by atoms with Gasteiger partial charge in [-0.25, -0.2) is 4.79 Å². The number of hydrogen-bond donors (Lipinski definition) is 2. The predicted octanol–water partition coefficient (Wildman–Crippen LogP) is 1.94. The molecule has 0 saturated carbocycles. The van der Waals surface area contributed by atoms with E-state index in [1.807, 2.05) is 6.07 Å². The van der Waals surface area contributed by atoms with Gasteiger partial charge < -0.3 is 10.4 Å². The van der Waals surface area contributed by atoms with E-state index in [1.165, 1.54) is 11.3 Å². The quantitative estimate of drug-likeness (QED) is 0.779. The summed E-state index contributed by atoms with van der Waals surface area (Å²) in [7, 11) is 0. The van der Waals surface area contributed by atoms with Gasteiger partial charge in [0.1, 0.15) is 4.88 Å². The molecule has 1 heterocycles. The van der Waals surface area contributed by atoms with Gasteiger partial charge in [-0.2, -0.15) is 0 Å². The molecule has 0 spiro atoms. The Kier molecular flexibility index (Phi) is 3.45. The monoisotopic (exact) mass is 199 g/mol. The molecule has 2 N–H and O–H groups in total. The molecule has 0 amide bonds. The molecule has 1 rings (SSSR count). The van der Waals surface area contributed by atoms with Crippen molar-refractivity contribution in [3.63, 3.8) is 0 Å². The van der Waals surface area contributed by atoms with Crippen LogP contribution in [0.4, 0.5) is 0 Å². The van der Waals surface area contributed by atoms with Crippen LogP contribution in [0.1, 0.15) is 28.4 Å². The summed E-state index contributed by atoms with van der Waals surface area (Å²) in [4.78, 5) is 12.0. The van der Waals surface area contributed by atoms with Gasteiger partial charge in [-0.05, 0) is 12.1 Å². The van der Waals surface area contributed by atoms with Crippen molar-refractivity contribution in [1.29, 1.82) is 0 Å². The van der Waals surface area contributed by atoms with E-state index in [-0.39, 0.29) is 0 Å². The van der Waals surface area contributed by atoms with Crippen molar-refractivity contribution in [2.24, 2.45) is 0 Å². The number of carboxylic acid groups (broad SMARTS) is 1. The first-order chi connectivity index (χ1) is 6.09. The highest BCUT2D eigenvalue weighted by Crippen LogP contribution is 2.15. The van der Waals surface area contributed by atoms with E-state index in [1.54, 1.807) is 6.07 Å². The van der Waals surface area contributed by atoms with Gasteiger partial charge in [-0.3, -0.25) is 0 Å². The van der Waals surface area contributed by atoms with Gasteiger partial charge in [0.05, 0.1) is 0 Å². The number of aromatic carboxylic acids is 1. The van der Waals surface area contributed by atoms with Gasteiger partial charge in [0.15, 0.2) is 0 Å². The van der Waals surface area contributed by atoms with Crippen molar-refractivity contribution >= 4 is 17.3 Å². The summed E-state index contributed by atoms with van der Waals surface area (Å²) in [6.07, 6.45) is 0. The highest BCUT2D eigenvalue weighted by atomic mass is 32.1. The molecule has 3 nitrogen and oxygen atoms in total. The van der Waals surface area contributed by atoms with Gasteiger partial charge in [0.25, 0.3) is 0 Å². The molecule has 0 aliphatic heterocycles. The van der Waals surface area contributed by atoms with Crippen molar-refractivity contribution in [1.82, 2.24) is 5.32 Å². The Morgan fingerprint density at radius 3 is 2.77 bits per heavy atom. The Morgan fingerprint density at radius 1 is 1.62 bits per heavy atom. The molecule has 0 radical (unpaired) electrons. The van der Waals surface area contributed by atoms with Gasteiger partial charge in [-0.1, -0.05) is 13.8 Å². The third kappa shape index (κ3) is 3.16. The van der Waals surface area contributed by atoms with Crippen molar-refractivity contribution in [2.75, 3.05) is 0 Å². The minimum Gasteiger partial charge on any atom is -0.477 e. The Bertz CT molecular complexity index is 294. The first-order valence-electron chi connectivity index (χ1n) is 4.15. The zero-order valence-electron chi connectivity index (χ0n) is 7.70. The van der Waals surface area contributed by atoms with E-state index >= 15 is 0 Å². The molecule has 1 aromatic heterocycles. The summed E-state index contributed by atoms with van der Waals surface area (Å²) in [6, 6.07) is 3.92. The summed E-state index contributed by atoms with van der Waals surface area (Å²) in [5.41, 5.74) is 0. The van der Waals surface area contributed by atoms with Crippen molar-refractivity contribution < 1.29 is 9.90 Å². The van der Waals surface area contributed by atoms with Crippen LogP contribution in [0.2, 0.25) is 0 Å². The first kappa shape index (κ1) is 10.2. The molecule has 72 valence electrons.